The maximum atomic E-state index is 5.20. The fourth-order valence-corrected chi connectivity index (χ4v) is 1.33. The summed E-state index contributed by atoms with van der Waals surface area (Å²) in [6.45, 7) is 0.635. The third kappa shape index (κ3) is 2.48. The average molecular weight is 230 g/mol. The number of hydrogen-bond donors (Lipinski definition) is 2. The highest BCUT2D eigenvalue weighted by Gasteiger charge is 1.98. The molecule has 0 aliphatic heterocycles. The molecule has 3 nitrogen and oxygen atoms in total. The van der Waals surface area contributed by atoms with Gasteiger partial charge in [-0.25, -0.2) is 5.43 Å². The number of hydrazine groups is 1. The van der Waals surface area contributed by atoms with Gasteiger partial charge in [-0.3, -0.25) is 5.84 Å². The summed E-state index contributed by atoms with van der Waals surface area (Å²) in [6, 6.07) is 8.05. The average Bonchev–Trinajstić information content (AvgIpc) is 2.05. The molecule has 0 spiro atoms. The fourth-order valence-electron chi connectivity index (χ4n) is 0.942. The van der Waals surface area contributed by atoms with Crippen LogP contribution in [0.1, 0.15) is 0 Å². The van der Waals surface area contributed by atoms with Crippen LogP contribution in [0.15, 0.2) is 28.7 Å². The molecule has 0 aliphatic carbocycles. The first-order valence-corrected chi connectivity index (χ1v) is 4.43. The maximum absolute atomic E-state index is 5.20. The van der Waals surface area contributed by atoms with Gasteiger partial charge in [0.2, 0.25) is 0 Å². The van der Waals surface area contributed by atoms with Gasteiger partial charge in [-0.1, -0.05) is 22.0 Å². The van der Waals surface area contributed by atoms with Crippen molar-refractivity contribution in [2.75, 3.05) is 18.6 Å². The van der Waals surface area contributed by atoms with E-state index in [9.17, 15) is 0 Å². The molecule has 0 bridgehead atoms. The minimum Gasteiger partial charge on any atom is -0.361 e. The third-order valence-electron chi connectivity index (χ3n) is 1.58. The van der Waals surface area contributed by atoms with Gasteiger partial charge in [-0.05, 0) is 18.2 Å². The Morgan fingerprint density at radius 2 is 2.33 bits per heavy atom. The van der Waals surface area contributed by atoms with Gasteiger partial charge >= 0.3 is 0 Å². The number of rotatable bonds is 3. The van der Waals surface area contributed by atoms with Gasteiger partial charge in [0.25, 0.3) is 0 Å². The van der Waals surface area contributed by atoms with Crippen LogP contribution in [0.25, 0.3) is 0 Å². The summed E-state index contributed by atoms with van der Waals surface area (Å²) in [6.07, 6.45) is 0. The molecular formula is C8H12BrN3. The molecule has 0 saturated carbocycles. The van der Waals surface area contributed by atoms with Crippen molar-refractivity contribution in [3.8, 4) is 0 Å². The van der Waals surface area contributed by atoms with E-state index >= 15 is 0 Å². The van der Waals surface area contributed by atoms with Gasteiger partial charge in [0, 0.05) is 17.2 Å². The van der Waals surface area contributed by atoms with Crippen LogP contribution in [-0.4, -0.2) is 13.7 Å². The summed E-state index contributed by atoms with van der Waals surface area (Å²) < 4.78 is 1.07. The molecule has 0 aliphatic rings. The summed E-state index contributed by atoms with van der Waals surface area (Å²) in [5.41, 5.74) is 3.72. The molecule has 0 amide bonds. The van der Waals surface area contributed by atoms with Crippen LogP contribution in [-0.2, 0) is 0 Å². The number of nitrogens with one attached hydrogen (secondary N) is 1. The van der Waals surface area contributed by atoms with Gasteiger partial charge in [0.05, 0.1) is 6.67 Å². The second-order valence-electron chi connectivity index (χ2n) is 2.54. The van der Waals surface area contributed by atoms with Crippen LogP contribution in [0.3, 0.4) is 0 Å². The summed E-state index contributed by atoms with van der Waals surface area (Å²) >= 11 is 3.40. The highest BCUT2D eigenvalue weighted by Crippen LogP contribution is 2.17. The molecule has 1 rings (SSSR count). The van der Waals surface area contributed by atoms with Gasteiger partial charge in [0.1, 0.15) is 0 Å². The maximum Gasteiger partial charge on any atom is 0.0805 e. The van der Waals surface area contributed by atoms with Crippen LogP contribution in [0.5, 0.6) is 0 Å². The molecule has 0 radical (unpaired) electrons. The fraction of sp³-hybridized carbons (Fsp3) is 0.250. The van der Waals surface area contributed by atoms with E-state index in [-0.39, 0.29) is 0 Å². The lowest BCUT2D eigenvalue weighted by molar-refractivity contribution is 0.718. The van der Waals surface area contributed by atoms with E-state index in [1.165, 1.54) is 0 Å². The molecule has 66 valence electrons. The zero-order valence-corrected chi connectivity index (χ0v) is 8.51. The second kappa shape index (κ2) is 4.45. The molecular weight excluding hydrogens is 218 g/mol. The van der Waals surface area contributed by atoms with Crippen molar-refractivity contribution >= 4 is 21.6 Å². The first kappa shape index (κ1) is 9.51. The van der Waals surface area contributed by atoms with Crippen LogP contribution in [0, 0.1) is 0 Å². The van der Waals surface area contributed by atoms with E-state index in [0.717, 1.165) is 10.2 Å². The first-order chi connectivity index (χ1) is 5.74. The molecule has 4 heteroatoms. The zero-order valence-electron chi connectivity index (χ0n) is 6.92. The molecule has 0 fully saturated rings. The summed E-state index contributed by atoms with van der Waals surface area (Å²) in [5, 5.41) is 0. The van der Waals surface area contributed by atoms with Gasteiger partial charge < -0.3 is 4.90 Å². The SMILES string of the molecule is CN(CNN)c1cccc(Br)c1. The molecule has 0 unspecified atom stereocenters. The van der Waals surface area contributed by atoms with Gasteiger partial charge in [-0.15, -0.1) is 0 Å². The standard InChI is InChI=1S/C8H12BrN3/c1-12(6-11-10)8-4-2-3-7(9)5-8/h2-5,11H,6,10H2,1H3. The summed E-state index contributed by atoms with van der Waals surface area (Å²) in [4.78, 5) is 2.02. The Kier molecular flexibility index (Phi) is 3.52. The summed E-state index contributed by atoms with van der Waals surface area (Å²) in [5.74, 6) is 5.20. The van der Waals surface area contributed by atoms with Crippen molar-refractivity contribution in [3.05, 3.63) is 28.7 Å². The van der Waals surface area contributed by atoms with Crippen molar-refractivity contribution in [2.45, 2.75) is 0 Å². The van der Waals surface area contributed by atoms with E-state index in [1.807, 2.05) is 36.2 Å². The number of nitrogens with two attached hydrogens (primary N) is 1. The van der Waals surface area contributed by atoms with E-state index in [2.05, 4.69) is 21.4 Å². The zero-order chi connectivity index (χ0) is 8.97. The number of halogens is 1. The number of benzene rings is 1. The second-order valence-corrected chi connectivity index (χ2v) is 3.46. The lowest BCUT2D eigenvalue weighted by Crippen LogP contribution is -2.35. The molecule has 1 aromatic rings. The number of nitrogens with zero attached hydrogens (tertiary/aromatic N) is 1. The van der Waals surface area contributed by atoms with E-state index in [0.29, 0.717) is 6.67 Å². The van der Waals surface area contributed by atoms with E-state index in [4.69, 9.17) is 5.84 Å². The van der Waals surface area contributed by atoms with Crippen molar-refractivity contribution < 1.29 is 0 Å². The summed E-state index contributed by atoms with van der Waals surface area (Å²) in [7, 11) is 1.97. The molecule has 0 atom stereocenters. The number of anilines is 1. The Morgan fingerprint density at radius 1 is 1.58 bits per heavy atom. The minimum absolute atomic E-state index is 0.635. The van der Waals surface area contributed by atoms with Crippen LogP contribution in [0.4, 0.5) is 5.69 Å². The Bertz CT molecular complexity index is 252. The highest BCUT2D eigenvalue weighted by atomic mass is 79.9. The quantitative estimate of drug-likeness (QED) is 0.467. The van der Waals surface area contributed by atoms with Crippen molar-refractivity contribution in [1.29, 1.82) is 0 Å². The lowest BCUT2D eigenvalue weighted by atomic mass is 10.3. The Balaban J connectivity index is 2.73. The predicted octanol–water partition coefficient (Wildman–Crippen LogP) is 1.31. The Labute approximate surface area is 80.6 Å². The normalized spacial score (nSPS) is 9.92. The van der Waals surface area contributed by atoms with Crippen molar-refractivity contribution in [1.82, 2.24) is 5.43 Å². The van der Waals surface area contributed by atoms with E-state index < -0.39 is 0 Å². The molecule has 0 aromatic heterocycles. The van der Waals surface area contributed by atoms with E-state index in [1.54, 1.807) is 0 Å². The first-order valence-electron chi connectivity index (χ1n) is 3.64. The largest absolute Gasteiger partial charge is 0.361 e. The Morgan fingerprint density at radius 3 is 2.92 bits per heavy atom. The topological polar surface area (TPSA) is 41.3 Å². The van der Waals surface area contributed by atoms with Crippen molar-refractivity contribution in [2.24, 2.45) is 5.84 Å². The molecule has 0 saturated heterocycles. The number of hydrogen-bond acceptors (Lipinski definition) is 3. The van der Waals surface area contributed by atoms with Crippen LogP contribution < -0.4 is 16.2 Å². The predicted molar refractivity (Wildman–Crippen MR) is 54.7 cm³/mol. The minimum atomic E-state index is 0.635. The molecule has 1 aromatic carbocycles. The lowest BCUT2D eigenvalue weighted by Gasteiger charge is -2.18. The van der Waals surface area contributed by atoms with Gasteiger partial charge in [0.15, 0.2) is 0 Å². The highest BCUT2D eigenvalue weighted by molar-refractivity contribution is 9.10. The molecule has 0 heterocycles. The smallest absolute Gasteiger partial charge is 0.0805 e. The van der Waals surface area contributed by atoms with Crippen molar-refractivity contribution in [3.63, 3.8) is 0 Å². The third-order valence-corrected chi connectivity index (χ3v) is 2.07. The van der Waals surface area contributed by atoms with Crippen LogP contribution in [0.2, 0.25) is 0 Å². The molecule has 3 N–H and O–H groups in total. The Hall–Kier alpha value is -0.580. The molecule has 12 heavy (non-hydrogen) atoms. The monoisotopic (exact) mass is 229 g/mol. The van der Waals surface area contributed by atoms with Crippen LogP contribution >= 0.6 is 15.9 Å². The van der Waals surface area contributed by atoms with Gasteiger partial charge in [-0.2, -0.15) is 0 Å².